The number of nitrogens with zero attached hydrogens (tertiary/aromatic N) is 3. The highest BCUT2D eigenvalue weighted by atomic mass is 16.2. The summed E-state index contributed by atoms with van der Waals surface area (Å²) >= 11 is 0. The van der Waals surface area contributed by atoms with Crippen LogP contribution in [0, 0.1) is 0 Å². The van der Waals surface area contributed by atoms with E-state index in [1.54, 1.807) is 12.1 Å². The van der Waals surface area contributed by atoms with Crippen LogP contribution in [-0.2, 0) is 6.54 Å². The van der Waals surface area contributed by atoms with Crippen molar-refractivity contribution in [3.63, 3.8) is 0 Å². The van der Waals surface area contributed by atoms with Crippen LogP contribution in [0.2, 0.25) is 0 Å². The first kappa shape index (κ1) is 20.9. The highest BCUT2D eigenvalue weighted by Crippen LogP contribution is 2.29. The van der Waals surface area contributed by atoms with Crippen LogP contribution < -0.4 is 15.8 Å². The Bertz CT molecular complexity index is 1340. The van der Waals surface area contributed by atoms with Gasteiger partial charge in [-0.25, -0.2) is 4.68 Å². The Kier molecular flexibility index (Phi) is 5.89. The summed E-state index contributed by atoms with van der Waals surface area (Å²) in [7, 11) is 0. The molecule has 2 heterocycles. The quantitative estimate of drug-likeness (QED) is 0.491. The van der Waals surface area contributed by atoms with Crippen LogP contribution in [0.5, 0.6) is 0 Å². The molecule has 1 aliphatic heterocycles. The maximum absolute atomic E-state index is 13.5. The summed E-state index contributed by atoms with van der Waals surface area (Å²) in [5, 5.41) is 8.62. The Hall–Kier alpha value is -3.93. The minimum Gasteiger partial charge on any atom is -0.370 e. The third-order valence-electron chi connectivity index (χ3n) is 6.11. The number of carbonyl (C=O) groups is 1. The number of carbonyl (C=O) groups excluding carboxylic acids is 1. The molecule has 6 heteroatoms. The van der Waals surface area contributed by atoms with Gasteiger partial charge in [0.05, 0.1) is 23.3 Å². The van der Waals surface area contributed by atoms with Crippen molar-refractivity contribution in [1.29, 1.82) is 0 Å². The predicted octanol–water partition coefficient (Wildman–Crippen LogP) is 4.69. The van der Waals surface area contributed by atoms with Crippen LogP contribution in [0.4, 0.5) is 11.4 Å². The van der Waals surface area contributed by atoms with Gasteiger partial charge in [-0.3, -0.25) is 9.59 Å². The number of piperidine rings is 1. The Balaban J connectivity index is 1.53. The smallest absolute Gasteiger partial charge is 0.276 e. The van der Waals surface area contributed by atoms with Gasteiger partial charge in [-0.05, 0) is 43.0 Å². The molecule has 1 saturated heterocycles. The molecule has 1 amide bonds. The first-order valence-electron chi connectivity index (χ1n) is 11.4. The van der Waals surface area contributed by atoms with Gasteiger partial charge in [-0.2, -0.15) is 5.10 Å². The van der Waals surface area contributed by atoms with E-state index in [1.165, 1.54) is 11.1 Å². The second-order valence-electron chi connectivity index (χ2n) is 8.36. The third-order valence-corrected chi connectivity index (χ3v) is 6.11. The molecule has 3 aromatic carbocycles. The molecule has 166 valence electrons. The third kappa shape index (κ3) is 4.37. The van der Waals surface area contributed by atoms with E-state index in [-0.39, 0.29) is 17.2 Å². The molecule has 0 unspecified atom stereocenters. The Morgan fingerprint density at radius 3 is 2.27 bits per heavy atom. The standard InChI is InChI=1S/C27H26N4O2/c32-26(28-23-15-7-8-16-24(23)30-17-9-2-10-18-30)25-21-13-5-6-14-22(21)27(33)31(29-25)19-20-11-3-1-4-12-20/h1,3-8,11-16H,2,9-10,17-19H2,(H,28,32). The van der Waals surface area contributed by atoms with Crippen LogP contribution in [-0.4, -0.2) is 28.8 Å². The van der Waals surface area contributed by atoms with Crippen molar-refractivity contribution >= 4 is 28.1 Å². The number of benzene rings is 3. The van der Waals surface area contributed by atoms with Gasteiger partial charge >= 0.3 is 0 Å². The number of para-hydroxylation sites is 2. The summed E-state index contributed by atoms with van der Waals surface area (Å²) in [5.74, 6) is -0.322. The highest BCUT2D eigenvalue weighted by molar-refractivity contribution is 6.12. The van der Waals surface area contributed by atoms with Gasteiger partial charge < -0.3 is 10.2 Å². The van der Waals surface area contributed by atoms with Gasteiger partial charge in [-0.15, -0.1) is 0 Å². The van der Waals surface area contributed by atoms with E-state index in [4.69, 9.17) is 0 Å². The molecule has 0 aliphatic carbocycles. The van der Waals surface area contributed by atoms with Crippen molar-refractivity contribution in [2.24, 2.45) is 0 Å². The summed E-state index contributed by atoms with van der Waals surface area (Å²) in [6.45, 7) is 2.27. The average molecular weight is 439 g/mol. The van der Waals surface area contributed by atoms with E-state index in [2.05, 4.69) is 15.3 Å². The number of anilines is 2. The van der Waals surface area contributed by atoms with Gasteiger partial charge in [0.15, 0.2) is 5.69 Å². The number of hydrogen-bond donors (Lipinski definition) is 1. The van der Waals surface area contributed by atoms with Crippen LogP contribution in [0.25, 0.3) is 10.8 Å². The maximum atomic E-state index is 13.5. The van der Waals surface area contributed by atoms with Gasteiger partial charge in [0.2, 0.25) is 0 Å². The summed E-state index contributed by atoms with van der Waals surface area (Å²) in [4.78, 5) is 28.9. The zero-order chi connectivity index (χ0) is 22.6. The van der Waals surface area contributed by atoms with Crippen molar-refractivity contribution < 1.29 is 4.79 Å². The fourth-order valence-corrected chi connectivity index (χ4v) is 4.44. The monoisotopic (exact) mass is 438 g/mol. The molecule has 0 radical (unpaired) electrons. The van der Waals surface area contributed by atoms with Crippen molar-refractivity contribution in [2.45, 2.75) is 25.8 Å². The minimum atomic E-state index is -0.322. The molecule has 1 aromatic heterocycles. The SMILES string of the molecule is O=C(Nc1ccccc1N1CCCCC1)c1nn(Cc2ccccc2)c(=O)c2ccccc12. The lowest BCUT2D eigenvalue weighted by molar-refractivity contribution is 0.102. The molecule has 0 atom stereocenters. The van der Waals surface area contributed by atoms with Gasteiger partial charge in [0.25, 0.3) is 11.5 Å². The Morgan fingerprint density at radius 1 is 0.818 bits per heavy atom. The molecule has 0 saturated carbocycles. The fourth-order valence-electron chi connectivity index (χ4n) is 4.44. The van der Waals surface area contributed by atoms with Gasteiger partial charge in [0, 0.05) is 18.5 Å². The molecule has 6 nitrogen and oxygen atoms in total. The number of aromatic nitrogens is 2. The molecule has 5 rings (SSSR count). The summed E-state index contributed by atoms with van der Waals surface area (Å²) in [6, 6.07) is 24.7. The number of rotatable bonds is 5. The van der Waals surface area contributed by atoms with Crippen molar-refractivity contribution in [2.75, 3.05) is 23.3 Å². The second kappa shape index (κ2) is 9.28. The van der Waals surface area contributed by atoms with Crippen molar-refractivity contribution in [3.8, 4) is 0 Å². The lowest BCUT2D eigenvalue weighted by Gasteiger charge is -2.30. The number of fused-ring (bicyclic) bond motifs is 1. The molecule has 0 spiro atoms. The van der Waals surface area contributed by atoms with E-state index >= 15 is 0 Å². The summed E-state index contributed by atoms with van der Waals surface area (Å²) in [6.07, 6.45) is 3.54. The normalized spacial score (nSPS) is 13.8. The van der Waals surface area contributed by atoms with Crippen LogP contribution >= 0.6 is 0 Å². The molecular weight excluding hydrogens is 412 g/mol. The fraction of sp³-hybridized carbons (Fsp3) is 0.222. The van der Waals surface area contributed by atoms with Crippen LogP contribution in [0.1, 0.15) is 35.3 Å². The van der Waals surface area contributed by atoms with Crippen LogP contribution in [0.15, 0.2) is 83.7 Å². The number of amides is 1. The molecular formula is C27H26N4O2. The molecule has 33 heavy (non-hydrogen) atoms. The minimum absolute atomic E-state index is 0.209. The second-order valence-corrected chi connectivity index (χ2v) is 8.36. The van der Waals surface area contributed by atoms with Crippen molar-refractivity contribution in [1.82, 2.24) is 9.78 Å². The Morgan fingerprint density at radius 2 is 1.48 bits per heavy atom. The largest absolute Gasteiger partial charge is 0.370 e. The molecule has 1 fully saturated rings. The first-order chi connectivity index (χ1) is 16.2. The van der Waals surface area contributed by atoms with Gasteiger partial charge in [0.1, 0.15) is 0 Å². The lowest BCUT2D eigenvalue weighted by atomic mass is 10.1. The maximum Gasteiger partial charge on any atom is 0.276 e. The van der Waals surface area contributed by atoms with Gasteiger partial charge in [-0.1, -0.05) is 60.7 Å². The number of nitrogens with one attached hydrogen (secondary N) is 1. The predicted molar refractivity (Wildman–Crippen MR) is 132 cm³/mol. The van der Waals surface area contributed by atoms with E-state index in [1.807, 2.05) is 66.7 Å². The first-order valence-corrected chi connectivity index (χ1v) is 11.4. The zero-order valence-corrected chi connectivity index (χ0v) is 18.4. The molecule has 4 aromatic rings. The molecule has 1 N–H and O–H groups in total. The van der Waals surface area contributed by atoms with Crippen molar-refractivity contribution in [3.05, 3.63) is 100 Å². The zero-order valence-electron chi connectivity index (χ0n) is 18.4. The van der Waals surface area contributed by atoms with E-state index in [9.17, 15) is 9.59 Å². The Labute approximate surface area is 192 Å². The topological polar surface area (TPSA) is 67.2 Å². The highest BCUT2D eigenvalue weighted by Gasteiger charge is 2.20. The van der Waals surface area contributed by atoms with Crippen LogP contribution in [0.3, 0.4) is 0 Å². The molecule has 0 bridgehead atoms. The molecule has 1 aliphatic rings. The summed E-state index contributed by atoms with van der Waals surface area (Å²) in [5.41, 5.74) is 2.77. The van der Waals surface area contributed by atoms with E-state index < -0.39 is 0 Å². The average Bonchev–Trinajstić information content (AvgIpc) is 2.87. The summed E-state index contributed by atoms with van der Waals surface area (Å²) < 4.78 is 1.38. The van der Waals surface area contributed by atoms with E-state index in [0.717, 1.165) is 42.9 Å². The lowest BCUT2D eigenvalue weighted by Crippen LogP contribution is -2.31. The van der Waals surface area contributed by atoms with E-state index in [0.29, 0.717) is 17.3 Å². The number of hydrogen-bond acceptors (Lipinski definition) is 4.